The van der Waals surface area contributed by atoms with Gasteiger partial charge in [-0.1, -0.05) is 19.1 Å². The molecule has 2 heterocycles. The van der Waals surface area contributed by atoms with Crippen molar-refractivity contribution in [1.82, 2.24) is 9.88 Å². The number of oxazole rings is 1. The van der Waals surface area contributed by atoms with Crippen LogP contribution in [0.25, 0.3) is 11.1 Å². The van der Waals surface area contributed by atoms with Gasteiger partial charge in [0.25, 0.3) is 6.01 Å². The second-order valence-corrected chi connectivity index (χ2v) is 6.87. The summed E-state index contributed by atoms with van der Waals surface area (Å²) in [5.74, 6) is -0.576. The van der Waals surface area contributed by atoms with E-state index in [1.54, 1.807) is 18.9 Å². The molecule has 1 saturated heterocycles. The summed E-state index contributed by atoms with van der Waals surface area (Å²) in [4.78, 5) is 32.4. The lowest BCUT2D eigenvalue weighted by molar-refractivity contribution is -0.146. The molecule has 0 aliphatic carbocycles. The van der Waals surface area contributed by atoms with Gasteiger partial charge in [-0.3, -0.25) is 9.59 Å². The second kappa shape index (κ2) is 7.76. The fourth-order valence-corrected chi connectivity index (χ4v) is 3.40. The first-order valence-electron chi connectivity index (χ1n) is 8.93. The number of fused-ring (bicyclic) bond motifs is 1. The van der Waals surface area contributed by atoms with Crippen LogP contribution in [-0.2, 0) is 14.3 Å². The van der Waals surface area contributed by atoms with Crippen LogP contribution in [0.2, 0.25) is 0 Å². The molecule has 3 rings (SSSR count). The summed E-state index contributed by atoms with van der Waals surface area (Å²) in [6.07, 6.45) is 1.49. The van der Waals surface area contributed by atoms with Crippen molar-refractivity contribution in [3.8, 4) is 0 Å². The van der Waals surface area contributed by atoms with Crippen molar-refractivity contribution >= 4 is 29.0 Å². The van der Waals surface area contributed by atoms with Gasteiger partial charge in [-0.2, -0.15) is 4.98 Å². The molecule has 2 aromatic rings. The smallest absolute Gasteiger partial charge is 0.310 e. The summed E-state index contributed by atoms with van der Waals surface area (Å²) in [7, 11) is 3.11. The molecule has 1 atom stereocenters. The zero-order valence-corrected chi connectivity index (χ0v) is 15.5. The number of hydrogen-bond donors (Lipinski definition) is 0. The number of hydrogen-bond acceptors (Lipinski definition) is 6. The van der Waals surface area contributed by atoms with Crippen LogP contribution in [0.15, 0.2) is 28.7 Å². The third kappa shape index (κ3) is 3.81. The Balaban J connectivity index is 1.55. The van der Waals surface area contributed by atoms with Gasteiger partial charge in [0.1, 0.15) is 5.52 Å². The lowest BCUT2D eigenvalue weighted by atomic mass is 9.95. The first-order chi connectivity index (χ1) is 12.5. The van der Waals surface area contributed by atoms with Gasteiger partial charge in [0, 0.05) is 32.6 Å². The maximum atomic E-state index is 12.6. The Morgan fingerprint density at radius 2 is 2.04 bits per heavy atom. The van der Waals surface area contributed by atoms with Gasteiger partial charge in [-0.05, 0) is 25.0 Å². The largest absolute Gasteiger partial charge is 0.469 e. The monoisotopic (exact) mass is 359 g/mol. The maximum absolute atomic E-state index is 12.6. The van der Waals surface area contributed by atoms with E-state index < -0.39 is 0 Å². The highest BCUT2D eigenvalue weighted by molar-refractivity contribution is 5.80. The molecule has 0 saturated carbocycles. The highest BCUT2D eigenvalue weighted by Gasteiger charge is 2.30. The maximum Gasteiger partial charge on any atom is 0.310 e. The summed E-state index contributed by atoms with van der Waals surface area (Å²) in [6.45, 7) is 3.59. The van der Waals surface area contributed by atoms with Gasteiger partial charge < -0.3 is 19.0 Å². The molecule has 7 nitrogen and oxygen atoms in total. The minimum atomic E-state index is -0.325. The standard InChI is InChI=1S/C19H25N3O4/c1-13(18(24)25-3)12-21(2)17(23)14-8-10-22(11-9-14)19-20-15-6-4-5-7-16(15)26-19/h4-7,13-14H,8-12H2,1-3H3. The van der Waals surface area contributed by atoms with Crippen LogP contribution in [-0.4, -0.2) is 55.6 Å². The first kappa shape index (κ1) is 18.2. The third-order valence-electron chi connectivity index (χ3n) is 4.92. The van der Waals surface area contributed by atoms with Crippen LogP contribution >= 0.6 is 0 Å². The molecule has 140 valence electrons. The van der Waals surface area contributed by atoms with Crippen molar-refractivity contribution < 1.29 is 18.7 Å². The average Bonchev–Trinajstić information content (AvgIpc) is 3.11. The number of aromatic nitrogens is 1. The Morgan fingerprint density at radius 1 is 1.35 bits per heavy atom. The molecule has 0 spiro atoms. The molecule has 0 radical (unpaired) electrons. The van der Waals surface area contributed by atoms with Crippen molar-refractivity contribution in [2.24, 2.45) is 11.8 Å². The molecule has 7 heteroatoms. The van der Waals surface area contributed by atoms with E-state index in [4.69, 9.17) is 9.15 Å². The van der Waals surface area contributed by atoms with Gasteiger partial charge in [-0.25, -0.2) is 0 Å². The summed E-state index contributed by atoms with van der Waals surface area (Å²) in [5, 5.41) is 0. The molecule has 1 unspecified atom stereocenters. The number of benzene rings is 1. The number of nitrogens with zero attached hydrogens (tertiary/aromatic N) is 3. The van der Waals surface area contributed by atoms with E-state index >= 15 is 0 Å². The van der Waals surface area contributed by atoms with Crippen molar-refractivity contribution in [3.63, 3.8) is 0 Å². The van der Waals surface area contributed by atoms with E-state index in [2.05, 4.69) is 9.88 Å². The molecule has 1 aliphatic rings. The molecule has 0 bridgehead atoms. The Kier molecular flexibility index (Phi) is 5.44. The highest BCUT2D eigenvalue weighted by atomic mass is 16.5. The Morgan fingerprint density at radius 3 is 2.69 bits per heavy atom. The topological polar surface area (TPSA) is 75.9 Å². The Hall–Kier alpha value is -2.57. The number of ether oxygens (including phenoxy) is 1. The number of esters is 1. The van der Waals surface area contributed by atoms with Crippen LogP contribution in [0.4, 0.5) is 6.01 Å². The van der Waals surface area contributed by atoms with E-state index in [1.807, 2.05) is 24.3 Å². The van der Waals surface area contributed by atoms with Crippen LogP contribution in [0.1, 0.15) is 19.8 Å². The average molecular weight is 359 g/mol. The predicted molar refractivity (Wildman–Crippen MR) is 97.8 cm³/mol. The van der Waals surface area contributed by atoms with E-state index in [-0.39, 0.29) is 23.7 Å². The highest BCUT2D eigenvalue weighted by Crippen LogP contribution is 2.27. The molecule has 1 amide bonds. The number of anilines is 1. The normalized spacial score (nSPS) is 16.5. The van der Waals surface area contributed by atoms with E-state index in [9.17, 15) is 9.59 Å². The zero-order chi connectivity index (χ0) is 18.7. The van der Waals surface area contributed by atoms with Gasteiger partial charge in [0.15, 0.2) is 5.58 Å². The fourth-order valence-electron chi connectivity index (χ4n) is 3.40. The molecule has 1 aromatic heterocycles. The van der Waals surface area contributed by atoms with Gasteiger partial charge >= 0.3 is 5.97 Å². The summed E-state index contributed by atoms with van der Waals surface area (Å²) in [6, 6.07) is 8.30. The molecule has 1 fully saturated rings. The predicted octanol–water partition coefficient (Wildman–Crippen LogP) is 2.31. The second-order valence-electron chi connectivity index (χ2n) is 6.87. The van der Waals surface area contributed by atoms with Crippen molar-refractivity contribution in [3.05, 3.63) is 24.3 Å². The van der Waals surface area contributed by atoms with Crippen molar-refractivity contribution in [2.45, 2.75) is 19.8 Å². The molecule has 1 aromatic carbocycles. The number of methoxy groups -OCH3 is 1. The lowest BCUT2D eigenvalue weighted by Crippen LogP contribution is -2.43. The lowest BCUT2D eigenvalue weighted by Gasteiger charge is -2.32. The van der Waals surface area contributed by atoms with Gasteiger partial charge in [0.05, 0.1) is 13.0 Å². The number of amides is 1. The number of piperidine rings is 1. The first-order valence-corrected chi connectivity index (χ1v) is 8.93. The summed E-state index contributed by atoms with van der Waals surface area (Å²) < 4.78 is 10.5. The molecular formula is C19H25N3O4. The molecule has 26 heavy (non-hydrogen) atoms. The Bertz CT molecular complexity index is 747. The quantitative estimate of drug-likeness (QED) is 0.763. The number of carbonyl (C=O) groups excluding carboxylic acids is 2. The van der Waals surface area contributed by atoms with E-state index in [1.165, 1.54) is 7.11 Å². The van der Waals surface area contributed by atoms with Crippen LogP contribution in [0.3, 0.4) is 0 Å². The van der Waals surface area contributed by atoms with Crippen molar-refractivity contribution in [1.29, 1.82) is 0 Å². The summed E-state index contributed by atoms with van der Waals surface area (Å²) >= 11 is 0. The number of rotatable bonds is 5. The number of carbonyl (C=O) groups is 2. The summed E-state index contributed by atoms with van der Waals surface area (Å²) in [5.41, 5.74) is 1.62. The zero-order valence-electron chi connectivity index (χ0n) is 15.5. The van der Waals surface area contributed by atoms with Crippen molar-refractivity contribution in [2.75, 3.05) is 38.7 Å². The number of para-hydroxylation sites is 2. The van der Waals surface area contributed by atoms with Crippen LogP contribution in [0, 0.1) is 11.8 Å². The minimum Gasteiger partial charge on any atom is -0.469 e. The van der Waals surface area contributed by atoms with E-state index in [0.717, 1.165) is 37.0 Å². The SMILES string of the molecule is COC(=O)C(C)CN(C)C(=O)C1CCN(c2nc3ccccc3o2)CC1. The van der Waals surface area contributed by atoms with Gasteiger partial charge in [-0.15, -0.1) is 0 Å². The van der Waals surface area contributed by atoms with Gasteiger partial charge in [0.2, 0.25) is 5.91 Å². The van der Waals surface area contributed by atoms with E-state index in [0.29, 0.717) is 12.6 Å². The molecular weight excluding hydrogens is 334 g/mol. The third-order valence-corrected chi connectivity index (χ3v) is 4.92. The van der Waals surface area contributed by atoms with Crippen LogP contribution in [0.5, 0.6) is 0 Å². The minimum absolute atomic E-state index is 0.0366. The van der Waals surface area contributed by atoms with Crippen LogP contribution < -0.4 is 4.90 Å². The Labute approximate surface area is 152 Å². The molecule has 1 aliphatic heterocycles. The fraction of sp³-hybridized carbons (Fsp3) is 0.526. The molecule has 0 N–H and O–H groups in total.